The Morgan fingerprint density at radius 3 is 2.76 bits per heavy atom. The summed E-state index contributed by atoms with van der Waals surface area (Å²) in [5.41, 5.74) is 6.14. The molecule has 3 fully saturated rings. The van der Waals surface area contributed by atoms with E-state index in [0.29, 0.717) is 6.42 Å². The average Bonchev–Trinajstić information content (AvgIpc) is 2.65. The molecule has 1 amide bonds. The molecular weight excluding hydrogens is 366 g/mol. The van der Waals surface area contributed by atoms with Crippen LogP contribution in [0.3, 0.4) is 0 Å². The van der Waals surface area contributed by atoms with Crippen LogP contribution >= 0.6 is 0 Å². The molecule has 1 aliphatic heterocycles. The van der Waals surface area contributed by atoms with Crippen molar-refractivity contribution in [3.05, 3.63) is 28.8 Å². The quantitative estimate of drug-likeness (QED) is 0.617. The number of piperidine rings is 1. The summed E-state index contributed by atoms with van der Waals surface area (Å²) >= 11 is 0. The van der Waals surface area contributed by atoms with Crippen LogP contribution in [-0.2, 0) is 11.8 Å². The van der Waals surface area contributed by atoms with Gasteiger partial charge in [0.1, 0.15) is 5.75 Å². The molecule has 4 atom stereocenters. The molecule has 3 aliphatic carbocycles. The van der Waals surface area contributed by atoms with Crippen LogP contribution in [0.25, 0.3) is 0 Å². The number of primary amides is 1. The molecule has 4 unspecified atom stereocenters. The number of hydrogen-bond acceptors (Lipinski definition) is 5. The molecule has 4 aliphatic rings. The maximum atomic E-state index is 12.3. The van der Waals surface area contributed by atoms with Gasteiger partial charge in [-0.15, -0.1) is 0 Å². The zero-order valence-electron chi connectivity index (χ0n) is 17.3. The van der Waals surface area contributed by atoms with Gasteiger partial charge in [0, 0.05) is 29.6 Å². The summed E-state index contributed by atoms with van der Waals surface area (Å²) in [5.74, 6) is 0.138. The largest absolute Gasteiger partial charge is 0.507 e. The van der Waals surface area contributed by atoms with Crippen molar-refractivity contribution in [2.24, 2.45) is 11.7 Å². The fourth-order valence-corrected chi connectivity index (χ4v) is 6.89. The lowest BCUT2D eigenvalue weighted by Gasteiger charge is -2.65. The van der Waals surface area contributed by atoms with E-state index in [2.05, 4.69) is 10.2 Å². The van der Waals surface area contributed by atoms with Crippen molar-refractivity contribution in [3.8, 4) is 5.75 Å². The third-order valence-electron chi connectivity index (χ3n) is 8.66. The number of likely N-dealkylation sites (tertiary alicyclic amines) is 1. The topological polar surface area (TPSA) is 98.8 Å². The lowest BCUT2D eigenvalue weighted by atomic mass is 9.48. The molecule has 158 valence electrons. The molecule has 29 heavy (non-hydrogen) atoms. The second-order valence-corrected chi connectivity index (χ2v) is 9.86. The molecule has 0 radical (unpaired) electrons. The summed E-state index contributed by atoms with van der Waals surface area (Å²) in [4.78, 5) is 14.5. The van der Waals surface area contributed by atoms with Gasteiger partial charge in [-0.25, -0.2) is 0 Å². The summed E-state index contributed by atoms with van der Waals surface area (Å²) in [7, 11) is 1.97. The van der Waals surface area contributed by atoms with Gasteiger partial charge in [-0.2, -0.15) is 0 Å². The standard InChI is InChI=1S/C23H33N3O3/c1-25-16-7-8-23(29)18-11-15-5-6-17(21(24)28)20(27)19(15)22(23,12-16)9-10-26(18)13-14-3-2-4-14/h5-6,14,16,18,25,27,29H,2-4,7-13H2,1H3,(H2,24,28). The number of aliphatic hydroxyl groups is 1. The predicted octanol–water partition coefficient (Wildman–Crippen LogP) is 1.66. The highest BCUT2D eigenvalue weighted by molar-refractivity contribution is 5.96. The highest BCUT2D eigenvalue weighted by Gasteiger charge is 2.65. The number of carbonyl (C=O) groups is 1. The van der Waals surface area contributed by atoms with Crippen LogP contribution in [0, 0.1) is 5.92 Å². The van der Waals surface area contributed by atoms with E-state index >= 15 is 0 Å². The van der Waals surface area contributed by atoms with Crippen molar-refractivity contribution >= 4 is 5.91 Å². The van der Waals surface area contributed by atoms with E-state index in [1.807, 2.05) is 13.1 Å². The van der Waals surface area contributed by atoms with Crippen LogP contribution in [0.15, 0.2) is 12.1 Å². The molecule has 6 nitrogen and oxygen atoms in total. The number of fused-ring (bicyclic) bond motifs is 1. The van der Waals surface area contributed by atoms with Gasteiger partial charge in [0.05, 0.1) is 11.2 Å². The maximum Gasteiger partial charge on any atom is 0.252 e. The van der Waals surface area contributed by atoms with E-state index in [9.17, 15) is 15.0 Å². The molecule has 1 aromatic rings. The number of aromatic hydroxyl groups is 1. The van der Waals surface area contributed by atoms with Crippen molar-refractivity contribution < 1.29 is 15.0 Å². The van der Waals surface area contributed by atoms with Gasteiger partial charge in [-0.1, -0.05) is 12.5 Å². The molecular formula is C23H33N3O3. The van der Waals surface area contributed by atoms with Gasteiger partial charge in [-0.05, 0) is 76.1 Å². The monoisotopic (exact) mass is 399 g/mol. The van der Waals surface area contributed by atoms with Crippen LogP contribution < -0.4 is 11.1 Å². The lowest BCUT2D eigenvalue weighted by Crippen LogP contribution is -2.74. The molecule has 1 aromatic carbocycles. The Bertz CT molecular complexity index is 839. The number of hydrogen-bond donors (Lipinski definition) is 4. The lowest BCUT2D eigenvalue weighted by molar-refractivity contribution is -0.173. The maximum absolute atomic E-state index is 12.3. The number of nitrogens with one attached hydrogen (secondary N) is 1. The van der Waals surface area contributed by atoms with Crippen LogP contribution in [0.2, 0.25) is 0 Å². The first-order valence-electron chi connectivity index (χ1n) is 11.2. The van der Waals surface area contributed by atoms with Gasteiger partial charge in [0.2, 0.25) is 0 Å². The van der Waals surface area contributed by atoms with Crippen LogP contribution in [0.5, 0.6) is 5.75 Å². The molecule has 0 aromatic heterocycles. The van der Waals surface area contributed by atoms with Crippen molar-refractivity contribution in [3.63, 3.8) is 0 Å². The fraction of sp³-hybridized carbons (Fsp3) is 0.696. The van der Waals surface area contributed by atoms with Gasteiger partial charge in [0.25, 0.3) is 5.91 Å². The normalized spacial score (nSPS) is 36.8. The first-order valence-corrected chi connectivity index (χ1v) is 11.2. The van der Waals surface area contributed by atoms with Crippen molar-refractivity contribution in [2.75, 3.05) is 20.1 Å². The highest BCUT2D eigenvalue weighted by atomic mass is 16.3. The number of rotatable bonds is 4. The molecule has 2 saturated carbocycles. The minimum absolute atomic E-state index is 0.00364. The molecule has 5 N–H and O–H groups in total. The van der Waals surface area contributed by atoms with Gasteiger partial charge in [-0.3, -0.25) is 9.69 Å². The van der Waals surface area contributed by atoms with E-state index in [-0.39, 0.29) is 23.4 Å². The third kappa shape index (κ3) is 2.62. The summed E-state index contributed by atoms with van der Waals surface area (Å²) in [6.07, 6.45) is 7.86. The van der Waals surface area contributed by atoms with Crippen LogP contribution in [-0.4, -0.2) is 58.8 Å². The van der Waals surface area contributed by atoms with E-state index in [4.69, 9.17) is 5.73 Å². The SMILES string of the molecule is CNC1CCC2(O)C3Cc4ccc(C(N)=O)c(O)c4C2(CCN3CC2CCC2)C1. The Morgan fingerprint density at radius 1 is 1.31 bits per heavy atom. The zero-order valence-corrected chi connectivity index (χ0v) is 17.3. The molecule has 1 heterocycles. The van der Waals surface area contributed by atoms with Crippen LogP contribution in [0.1, 0.15) is 66.4 Å². The number of phenols is 1. The van der Waals surface area contributed by atoms with Crippen molar-refractivity contribution in [1.29, 1.82) is 0 Å². The number of amides is 1. The Kier molecular flexibility index (Phi) is 4.46. The fourth-order valence-electron chi connectivity index (χ4n) is 6.89. The number of carbonyl (C=O) groups excluding carboxylic acids is 1. The van der Waals surface area contributed by atoms with Gasteiger partial charge < -0.3 is 21.3 Å². The van der Waals surface area contributed by atoms with E-state index < -0.39 is 16.9 Å². The zero-order chi connectivity index (χ0) is 20.4. The summed E-state index contributed by atoms with van der Waals surface area (Å²) < 4.78 is 0. The number of benzene rings is 1. The Labute approximate surface area is 172 Å². The summed E-state index contributed by atoms with van der Waals surface area (Å²) in [6, 6.07) is 3.97. The first kappa shape index (κ1) is 19.3. The molecule has 1 saturated heterocycles. The minimum Gasteiger partial charge on any atom is -0.507 e. The Hall–Kier alpha value is -1.63. The molecule has 2 bridgehead atoms. The molecule has 6 heteroatoms. The summed E-state index contributed by atoms with van der Waals surface area (Å²) in [5, 5.41) is 26.8. The van der Waals surface area contributed by atoms with E-state index in [0.717, 1.165) is 55.8 Å². The van der Waals surface area contributed by atoms with E-state index in [1.165, 1.54) is 19.3 Å². The van der Waals surface area contributed by atoms with Gasteiger partial charge >= 0.3 is 0 Å². The predicted molar refractivity (Wildman–Crippen MR) is 111 cm³/mol. The molecule has 5 rings (SSSR count). The number of nitrogens with two attached hydrogens (primary N) is 1. The molecule has 0 spiro atoms. The Balaban J connectivity index is 1.64. The minimum atomic E-state index is -0.886. The second-order valence-electron chi connectivity index (χ2n) is 9.86. The highest BCUT2D eigenvalue weighted by Crippen LogP contribution is 2.60. The summed E-state index contributed by atoms with van der Waals surface area (Å²) in [6.45, 7) is 2.00. The van der Waals surface area contributed by atoms with E-state index in [1.54, 1.807) is 6.07 Å². The van der Waals surface area contributed by atoms with Crippen LogP contribution in [0.4, 0.5) is 0 Å². The Morgan fingerprint density at radius 2 is 2.10 bits per heavy atom. The second kappa shape index (κ2) is 6.69. The van der Waals surface area contributed by atoms with Gasteiger partial charge in [0.15, 0.2) is 0 Å². The van der Waals surface area contributed by atoms with Crippen molar-refractivity contribution in [1.82, 2.24) is 10.2 Å². The first-order chi connectivity index (χ1) is 13.9. The average molecular weight is 400 g/mol. The number of nitrogens with zero attached hydrogens (tertiary/aromatic N) is 1. The third-order valence-corrected chi connectivity index (χ3v) is 8.66. The smallest absolute Gasteiger partial charge is 0.252 e. The van der Waals surface area contributed by atoms with Crippen molar-refractivity contribution in [2.45, 2.75) is 74.5 Å².